The van der Waals surface area contributed by atoms with Gasteiger partial charge in [-0.3, -0.25) is 4.68 Å². The molecule has 0 aliphatic carbocycles. The molecule has 17 heavy (non-hydrogen) atoms. The highest BCUT2D eigenvalue weighted by molar-refractivity contribution is 5.68. The molecule has 0 saturated carbocycles. The molecule has 2 aromatic rings. The van der Waals surface area contributed by atoms with Crippen molar-refractivity contribution in [1.29, 1.82) is 0 Å². The lowest BCUT2D eigenvalue weighted by molar-refractivity contribution is 0.628. The Morgan fingerprint density at radius 3 is 2.53 bits per heavy atom. The third-order valence-corrected chi connectivity index (χ3v) is 2.86. The summed E-state index contributed by atoms with van der Waals surface area (Å²) in [7, 11) is 1.91. The first-order valence-electron chi connectivity index (χ1n) is 5.62. The summed E-state index contributed by atoms with van der Waals surface area (Å²) in [6, 6.07) is 6.49. The van der Waals surface area contributed by atoms with Crippen LogP contribution in [0.15, 0.2) is 24.3 Å². The molecule has 0 bridgehead atoms. The summed E-state index contributed by atoms with van der Waals surface area (Å²) in [5.74, 6) is -0.226. The van der Waals surface area contributed by atoms with Gasteiger partial charge in [0.25, 0.3) is 0 Å². The van der Waals surface area contributed by atoms with Crippen LogP contribution in [0, 0.1) is 12.7 Å². The fraction of sp³-hybridized carbons (Fsp3) is 0.308. The lowest BCUT2D eigenvalue weighted by Crippen LogP contribution is -2.08. The van der Waals surface area contributed by atoms with Crippen molar-refractivity contribution in [3.05, 3.63) is 41.5 Å². The van der Waals surface area contributed by atoms with Crippen molar-refractivity contribution in [3.63, 3.8) is 0 Å². The van der Waals surface area contributed by atoms with E-state index >= 15 is 0 Å². The molecule has 1 aromatic carbocycles. The van der Waals surface area contributed by atoms with Crippen LogP contribution in [0.4, 0.5) is 4.39 Å². The molecule has 2 N–H and O–H groups in total. The Bertz CT molecular complexity index is 514. The van der Waals surface area contributed by atoms with E-state index in [4.69, 9.17) is 5.73 Å². The summed E-state index contributed by atoms with van der Waals surface area (Å²) in [5.41, 5.74) is 9.70. The molecule has 0 saturated heterocycles. The van der Waals surface area contributed by atoms with Crippen LogP contribution in [0.2, 0.25) is 0 Å². The van der Waals surface area contributed by atoms with Gasteiger partial charge >= 0.3 is 0 Å². The molecule has 2 rings (SSSR count). The predicted molar refractivity (Wildman–Crippen MR) is 66.1 cm³/mol. The number of aromatic nitrogens is 2. The maximum Gasteiger partial charge on any atom is 0.123 e. The van der Waals surface area contributed by atoms with E-state index in [1.807, 2.05) is 18.7 Å². The zero-order valence-electron chi connectivity index (χ0n) is 10.1. The first-order chi connectivity index (χ1) is 8.13. The Morgan fingerprint density at radius 2 is 1.94 bits per heavy atom. The van der Waals surface area contributed by atoms with Crippen LogP contribution in [0.3, 0.4) is 0 Å². The quantitative estimate of drug-likeness (QED) is 0.881. The summed E-state index contributed by atoms with van der Waals surface area (Å²) >= 11 is 0. The van der Waals surface area contributed by atoms with E-state index < -0.39 is 0 Å². The number of benzene rings is 1. The van der Waals surface area contributed by atoms with E-state index in [9.17, 15) is 4.39 Å². The molecule has 1 aromatic heterocycles. The molecule has 0 amide bonds. The maximum atomic E-state index is 12.9. The molecule has 0 aliphatic rings. The van der Waals surface area contributed by atoms with Gasteiger partial charge in [0, 0.05) is 24.7 Å². The summed E-state index contributed by atoms with van der Waals surface area (Å²) in [5, 5.41) is 4.40. The first kappa shape index (κ1) is 11.8. The second kappa shape index (κ2) is 4.67. The number of nitrogens with zero attached hydrogens (tertiary/aromatic N) is 2. The smallest absolute Gasteiger partial charge is 0.123 e. The maximum absolute atomic E-state index is 12.9. The van der Waals surface area contributed by atoms with E-state index in [0.717, 1.165) is 28.9 Å². The van der Waals surface area contributed by atoms with E-state index in [0.29, 0.717) is 6.54 Å². The molecule has 0 radical (unpaired) electrons. The molecule has 0 fully saturated rings. The second-order valence-electron chi connectivity index (χ2n) is 4.08. The third-order valence-electron chi connectivity index (χ3n) is 2.86. The van der Waals surface area contributed by atoms with E-state index in [1.165, 1.54) is 12.1 Å². The highest BCUT2D eigenvalue weighted by Gasteiger charge is 2.14. The molecular weight excluding hydrogens is 217 g/mol. The van der Waals surface area contributed by atoms with Crippen molar-refractivity contribution in [2.45, 2.75) is 13.3 Å². The van der Waals surface area contributed by atoms with E-state index in [-0.39, 0.29) is 5.82 Å². The first-order valence-corrected chi connectivity index (χ1v) is 5.62. The van der Waals surface area contributed by atoms with Crippen LogP contribution >= 0.6 is 0 Å². The van der Waals surface area contributed by atoms with Crippen molar-refractivity contribution in [3.8, 4) is 11.1 Å². The Hall–Kier alpha value is -1.68. The fourth-order valence-corrected chi connectivity index (χ4v) is 2.12. The molecule has 0 unspecified atom stereocenters. The summed E-state index contributed by atoms with van der Waals surface area (Å²) < 4.78 is 14.8. The minimum absolute atomic E-state index is 0.226. The van der Waals surface area contributed by atoms with Crippen LogP contribution in [0.1, 0.15) is 11.4 Å². The van der Waals surface area contributed by atoms with Crippen LogP contribution in [0.25, 0.3) is 11.1 Å². The molecule has 1 heterocycles. The number of aryl methyl sites for hydroxylation is 2. The van der Waals surface area contributed by atoms with E-state index in [1.54, 1.807) is 12.1 Å². The van der Waals surface area contributed by atoms with E-state index in [2.05, 4.69) is 5.10 Å². The van der Waals surface area contributed by atoms with Crippen LogP contribution in [-0.4, -0.2) is 16.3 Å². The lowest BCUT2D eigenvalue weighted by Gasteiger charge is -2.05. The Balaban J connectivity index is 2.53. The third kappa shape index (κ3) is 2.22. The number of halogens is 1. The van der Waals surface area contributed by atoms with Gasteiger partial charge in [0.1, 0.15) is 5.82 Å². The second-order valence-corrected chi connectivity index (χ2v) is 4.08. The zero-order valence-corrected chi connectivity index (χ0v) is 10.1. The lowest BCUT2D eigenvalue weighted by atomic mass is 10.0. The SMILES string of the molecule is Cc1nn(C)c(CCN)c1-c1ccc(F)cc1. The largest absolute Gasteiger partial charge is 0.330 e. The number of hydrogen-bond donors (Lipinski definition) is 1. The Morgan fingerprint density at radius 1 is 1.29 bits per heavy atom. The summed E-state index contributed by atoms with van der Waals surface area (Å²) in [4.78, 5) is 0. The normalized spacial score (nSPS) is 10.8. The average Bonchev–Trinajstić information content (AvgIpc) is 2.56. The highest BCUT2D eigenvalue weighted by Crippen LogP contribution is 2.27. The number of hydrogen-bond acceptors (Lipinski definition) is 2. The van der Waals surface area contributed by atoms with Crippen molar-refractivity contribution in [1.82, 2.24) is 9.78 Å². The highest BCUT2D eigenvalue weighted by atomic mass is 19.1. The van der Waals surface area contributed by atoms with Gasteiger partial charge < -0.3 is 5.73 Å². The molecule has 0 atom stereocenters. The van der Waals surface area contributed by atoms with Crippen LogP contribution in [0.5, 0.6) is 0 Å². The summed E-state index contributed by atoms with van der Waals surface area (Å²) in [6.07, 6.45) is 0.768. The van der Waals surface area contributed by atoms with Gasteiger partial charge in [0.2, 0.25) is 0 Å². The van der Waals surface area contributed by atoms with Gasteiger partial charge in [-0.15, -0.1) is 0 Å². The van der Waals surface area contributed by atoms with Crippen LogP contribution < -0.4 is 5.73 Å². The van der Waals surface area contributed by atoms with Crippen molar-refractivity contribution >= 4 is 0 Å². The van der Waals surface area contributed by atoms with Gasteiger partial charge in [-0.1, -0.05) is 12.1 Å². The average molecular weight is 233 g/mol. The molecule has 3 nitrogen and oxygen atoms in total. The molecule has 0 aliphatic heterocycles. The van der Waals surface area contributed by atoms with Gasteiger partial charge in [-0.25, -0.2) is 4.39 Å². The summed E-state index contributed by atoms with van der Waals surface area (Å²) in [6.45, 7) is 2.53. The van der Waals surface area contributed by atoms with Crippen molar-refractivity contribution in [2.75, 3.05) is 6.54 Å². The van der Waals surface area contributed by atoms with Gasteiger partial charge in [0.15, 0.2) is 0 Å². The molecule has 90 valence electrons. The van der Waals surface area contributed by atoms with Gasteiger partial charge in [-0.2, -0.15) is 5.10 Å². The van der Waals surface area contributed by atoms with Crippen LogP contribution in [-0.2, 0) is 13.5 Å². The monoisotopic (exact) mass is 233 g/mol. The molecule has 4 heteroatoms. The minimum atomic E-state index is -0.226. The molecular formula is C13H16FN3. The molecule has 0 spiro atoms. The number of rotatable bonds is 3. The van der Waals surface area contributed by atoms with Gasteiger partial charge in [0.05, 0.1) is 5.69 Å². The van der Waals surface area contributed by atoms with Gasteiger partial charge in [-0.05, 0) is 31.2 Å². The Kier molecular flexibility index (Phi) is 3.24. The standard InChI is InChI=1S/C13H16FN3/c1-9-13(10-3-5-11(14)6-4-10)12(7-8-15)17(2)16-9/h3-6H,7-8,15H2,1-2H3. The van der Waals surface area contributed by atoms with Crippen molar-refractivity contribution in [2.24, 2.45) is 12.8 Å². The zero-order chi connectivity index (χ0) is 12.4. The Labute approximate surface area is 100 Å². The predicted octanol–water partition coefficient (Wildman–Crippen LogP) is 2.04. The minimum Gasteiger partial charge on any atom is -0.330 e. The fourth-order valence-electron chi connectivity index (χ4n) is 2.12. The topological polar surface area (TPSA) is 43.8 Å². The number of nitrogens with two attached hydrogens (primary N) is 1. The van der Waals surface area contributed by atoms with Crippen molar-refractivity contribution < 1.29 is 4.39 Å².